The first-order valence-corrected chi connectivity index (χ1v) is 6.78. The molecule has 0 bridgehead atoms. The molecule has 1 aromatic rings. The molecule has 110 valence electrons. The van der Waals surface area contributed by atoms with Crippen molar-refractivity contribution >= 4 is 11.9 Å². The van der Waals surface area contributed by atoms with Crippen LogP contribution in [0.25, 0.3) is 0 Å². The Balaban J connectivity index is 2.81. The molecule has 0 saturated heterocycles. The molecule has 0 heterocycles. The zero-order valence-corrected chi connectivity index (χ0v) is 12.9. The second-order valence-corrected chi connectivity index (χ2v) is 5.33. The lowest BCUT2D eigenvalue weighted by Crippen LogP contribution is -2.52. The number of amides is 1. The molecular formula is C16H23NO3. The molecule has 0 aliphatic carbocycles. The molecule has 0 fully saturated rings. The number of ether oxygens (including phenoxy) is 1. The summed E-state index contributed by atoms with van der Waals surface area (Å²) in [5.74, 6) is -0.595. The molecule has 1 aromatic carbocycles. The van der Waals surface area contributed by atoms with Crippen LogP contribution in [0.3, 0.4) is 0 Å². The molecule has 0 aromatic heterocycles. The fourth-order valence-electron chi connectivity index (χ4n) is 2.02. The van der Waals surface area contributed by atoms with Gasteiger partial charge < -0.3 is 10.1 Å². The van der Waals surface area contributed by atoms with E-state index in [0.717, 1.165) is 16.7 Å². The van der Waals surface area contributed by atoms with E-state index in [2.05, 4.69) is 5.32 Å². The average molecular weight is 277 g/mol. The number of nitrogens with one attached hydrogen (secondary N) is 1. The Bertz CT molecular complexity index is 510. The molecule has 1 rings (SSSR count). The van der Waals surface area contributed by atoms with Crippen LogP contribution >= 0.6 is 0 Å². The Morgan fingerprint density at radius 1 is 1.30 bits per heavy atom. The standard InChI is InChI=1S/C16H23NO3/c1-6-16(4,15(19)20-5)17-14(18)10-13-9-11(2)7-8-12(13)3/h7-9H,6,10H2,1-5H3,(H,17,18). The first-order valence-electron chi connectivity index (χ1n) is 6.78. The number of benzene rings is 1. The minimum atomic E-state index is -0.969. The number of hydrogen-bond acceptors (Lipinski definition) is 3. The highest BCUT2D eigenvalue weighted by atomic mass is 16.5. The van der Waals surface area contributed by atoms with Crippen molar-refractivity contribution in [2.45, 2.75) is 46.1 Å². The van der Waals surface area contributed by atoms with E-state index < -0.39 is 11.5 Å². The van der Waals surface area contributed by atoms with Gasteiger partial charge in [-0.25, -0.2) is 4.79 Å². The normalized spacial score (nSPS) is 13.4. The highest BCUT2D eigenvalue weighted by Gasteiger charge is 2.33. The van der Waals surface area contributed by atoms with Gasteiger partial charge in [0.1, 0.15) is 5.54 Å². The van der Waals surface area contributed by atoms with Gasteiger partial charge in [0.15, 0.2) is 0 Å². The van der Waals surface area contributed by atoms with Gasteiger partial charge in [0.05, 0.1) is 13.5 Å². The van der Waals surface area contributed by atoms with Crippen LogP contribution < -0.4 is 5.32 Å². The Morgan fingerprint density at radius 2 is 1.95 bits per heavy atom. The highest BCUT2D eigenvalue weighted by Crippen LogP contribution is 2.14. The van der Waals surface area contributed by atoms with Crippen molar-refractivity contribution < 1.29 is 14.3 Å². The van der Waals surface area contributed by atoms with E-state index in [1.807, 2.05) is 39.0 Å². The van der Waals surface area contributed by atoms with E-state index in [0.29, 0.717) is 6.42 Å². The summed E-state index contributed by atoms with van der Waals surface area (Å²) < 4.78 is 4.75. The van der Waals surface area contributed by atoms with Crippen LogP contribution in [0.4, 0.5) is 0 Å². The van der Waals surface area contributed by atoms with Crippen molar-refractivity contribution in [3.8, 4) is 0 Å². The number of rotatable bonds is 5. The van der Waals surface area contributed by atoms with Gasteiger partial charge in [0.2, 0.25) is 5.91 Å². The first kappa shape index (κ1) is 16.2. The van der Waals surface area contributed by atoms with Crippen molar-refractivity contribution in [2.75, 3.05) is 7.11 Å². The van der Waals surface area contributed by atoms with Gasteiger partial charge in [-0.1, -0.05) is 30.7 Å². The summed E-state index contributed by atoms with van der Waals surface area (Å²) in [6.45, 7) is 7.49. The summed E-state index contributed by atoms with van der Waals surface area (Å²) >= 11 is 0. The molecule has 4 nitrogen and oxygen atoms in total. The third kappa shape index (κ3) is 3.83. The van der Waals surface area contributed by atoms with Crippen LogP contribution in [-0.4, -0.2) is 24.5 Å². The van der Waals surface area contributed by atoms with Crippen molar-refractivity contribution in [2.24, 2.45) is 0 Å². The van der Waals surface area contributed by atoms with Crippen LogP contribution in [0.5, 0.6) is 0 Å². The third-order valence-electron chi connectivity index (χ3n) is 3.61. The number of methoxy groups -OCH3 is 1. The zero-order chi connectivity index (χ0) is 15.3. The third-order valence-corrected chi connectivity index (χ3v) is 3.61. The Morgan fingerprint density at radius 3 is 2.50 bits per heavy atom. The molecule has 0 aliphatic heterocycles. The molecule has 1 unspecified atom stereocenters. The molecule has 0 radical (unpaired) electrons. The molecule has 1 atom stereocenters. The molecule has 1 N–H and O–H groups in total. The van der Waals surface area contributed by atoms with Crippen LogP contribution in [0.15, 0.2) is 18.2 Å². The monoisotopic (exact) mass is 277 g/mol. The van der Waals surface area contributed by atoms with Gasteiger partial charge in [-0.15, -0.1) is 0 Å². The summed E-state index contributed by atoms with van der Waals surface area (Å²) in [7, 11) is 1.33. The van der Waals surface area contributed by atoms with Crippen LogP contribution in [-0.2, 0) is 20.7 Å². The topological polar surface area (TPSA) is 55.4 Å². The van der Waals surface area contributed by atoms with Crippen molar-refractivity contribution in [1.29, 1.82) is 0 Å². The van der Waals surface area contributed by atoms with Crippen molar-refractivity contribution in [1.82, 2.24) is 5.32 Å². The molecule has 0 aliphatic rings. The van der Waals surface area contributed by atoms with Crippen LogP contribution in [0, 0.1) is 13.8 Å². The molecular weight excluding hydrogens is 254 g/mol. The second kappa shape index (κ2) is 6.55. The zero-order valence-electron chi connectivity index (χ0n) is 12.9. The lowest BCUT2D eigenvalue weighted by molar-refractivity contribution is -0.150. The number of esters is 1. The predicted molar refractivity (Wildman–Crippen MR) is 78.5 cm³/mol. The summed E-state index contributed by atoms with van der Waals surface area (Å²) in [5, 5.41) is 2.78. The maximum atomic E-state index is 12.2. The predicted octanol–water partition coefficient (Wildman–Crippen LogP) is 2.30. The molecule has 4 heteroatoms. The minimum absolute atomic E-state index is 0.173. The summed E-state index contributed by atoms with van der Waals surface area (Å²) in [6, 6.07) is 6.01. The van der Waals surface area contributed by atoms with Gasteiger partial charge in [-0.05, 0) is 38.3 Å². The van der Waals surface area contributed by atoms with Gasteiger partial charge in [0.25, 0.3) is 0 Å². The number of hydrogen-bond donors (Lipinski definition) is 1. The van der Waals surface area contributed by atoms with E-state index >= 15 is 0 Å². The van der Waals surface area contributed by atoms with Gasteiger partial charge in [-0.2, -0.15) is 0 Å². The fraction of sp³-hybridized carbons (Fsp3) is 0.500. The second-order valence-electron chi connectivity index (χ2n) is 5.33. The Kier molecular flexibility index (Phi) is 5.31. The largest absolute Gasteiger partial charge is 0.467 e. The van der Waals surface area contributed by atoms with E-state index in [9.17, 15) is 9.59 Å². The fourth-order valence-corrected chi connectivity index (χ4v) is 2.02. The van der Waals surface area contributed by atoms with Gasteiger partial charge >= 0.3 is 5.97 Å². The van der Waals surface area contributed by atoms with Crippen molar-refractivity contribution in [3.63, 3.8) is 0 Å². The summed E-state index contributed by atoms with van der Waals surface area (Å²) in [4.78, 5) is 23.9. The molecule has 0 spiro atoms. The number of carbonyl (C=O) groups is 2. The number of carbonyl (C=O) groups excluding carboxylic acids is 2. The molecule has 0 saturated carbocycles. The quantitative estimate of drug-likeness (QED) is 0.840. The van der Waals surface area contributed by atoms with E-state index in [1.54, 1.807) is 6.92 Å². The van der Waals surface area contributed by atoms with Crippen molar-refractivity contribution in [3.05, 3.63) is 34.9 Å². The average Bonchev–Trinajstić information content (AvgIpc) is 2.41. The Hall–Kier alpha value is -1.84. The van der Waals surface area contributed by atoms with Gasteiger partial charge in [-0.3, -0.25) is 4.79 Å². The van der Waals surface area contributed by atoms with Crippen LogP contribution in [0.2, 0.25) is 0 Å². The highest BCUT2D eigenvalue weighted by molar-refractivity contribution is 5.88. The summed E-state index contributed by atoms with van der Waals surface area (Å²) in [5.41, 5.74) is 2.20. The number of aryl methyl sites for hydroxylation is 2. The lowest BCUT2D eigenvalue weighted by Gasteiger charge is -2.26. The van der Waals surface area contributed by atoms with E-state index in [1.165, 1.54) is 7.11 Å². The summed E-state index contributed by atoms with van der Waals surface area (Å²) in [6.07, 6.45) is 0.748. The van der Waals surface area contributed by atoms with E-state index in [4.69, 9.17) is 4.74 Å². The van der Waals surface area contributed by atoms with Gasteiger partial charge in [0, 0.05) is 0 Å². The molecule has 1 amide bonds. The van der Waals surface area contributed by atoms with E-state index in [-0.39, 0.29) is 12.3 Å². The van der Waals surface area contributed by atoms with Crippen LogP contribution in [0.1, 0.15) is 37.0 Å². The SMILES string of the molecule is CCC(C)(NC(=O)Cc1cc(C)ccc1C)C(=O)OC. The molecule has 20 heavy (non-hydrogen) atoms. The maximum absolute atomic E-state index is 12.2. The minimum Gasteiger partial charge on any atom is -0.467 e. The lowest BCUT2D eigenvalue weighted by atomic mass is 9.97. The Labute approximate surface area is 120 Å². The smallest absolute Gasteiger partial charge is 0.331 e. The first-order chi connectivity index (χ1) is 9.32. The maximum Gasteiger partial charge on any atom is 0.331 e.